The highest BCUT2D eigenvalue weighted by molar-refractivity contribution is 6.00. The number of ketones is 1. The number of amides is 1. The normalized spacial score (nSPS) is 13.6. The fraction of sp³-hybridized carbons (Fsp3) is 0.217. The molecule has 0 N–H and O–H groups in total. The van der Waals surface area contributed by atoms with Crippen LogP contribution in [0, 0.1) is 6.92 Å². The summed E-state index contributed by atoms with van der Waals surface area (Å²) in [4.78, 5) is 50.3. The number of carbonyl (C=O) groups excluding carboxylic acids is 3. The molecule has 2 heterocycles. The molecule has 1 amide bonds. The van der Waals surface area contributed by atoms with Crippen LogP contribution in [0.1, 0.15) is 39.3 Å². The highest BCUT2D eigenvalue weighted by Crippen LogP contribution is 2.22. The summed E-state index contributed by atoms with van der Waals surface area (Å²) in [6, 6.07) is 12.7. The number of nitrogens with zero attached hydrogens (tertiary/aromatic N) is 1. The lowest BCUT2D eigenvalue weighted by Gasteiger charge is -2.15. The molecule has 1 aliphatic rings. The molecule has 1 aliphatic heterocycles. The van der Waals surface area contributed by atoms with Crippen LogP contribution in [0.2, 0.25) is 0 Å². The van der Waals surface area contributed by atoms with Gasteiger partial charge in [0.2, 0.25) is 11.7 Å². The van der Waals surface area contributed by atoms with Crippen molar-refractivity contribution < 1.29 is 23.5 Å². The molecule has 0 atom stereocenters. The summed E-state index contributed by atoms with van der Waals surface area (Å²) in [6.07, 6.45) is 1.35. The molecular weight excluding hydrogens is 386 g/mol. The Morgan fingerprint density at radius 3 is 2.53 bits per heavy atom. The van der Waals surface area contributed by atoms with E-state index in [1.807, 2.05) is 6.92 Å². The SMILES string of the molecule is Cc1ccc2oc(C(=O)OCC(=O)c3ccc(N4CCCC4=O)cc3)cc(=O)c2c1. The van der Waals surface area contributed by atoms with Gasteiger partial charge in [0.05, 0.1) is 5.39 Å². The molecule has 1 saturated heterocycles. The van der Waals surface area contributed by atoms with Crippen molar-refractivity contribution in [2.24, 2.45) is 0 Å². The average Bonchev–Trinajstić information content (AvgIpc) is 3.18. The van der Waals surface area contributed by atoms with Crippen LogP contribution in [0.25, 0.3) is 11.0 Å². The van der Waals surface area contributed by atoms with E-state index in [9.17, 15) is 19.2 Å². The highest BCUT2D eigenvalue weighted by Gasteiger charge is 2.22. The van der Waals surface area contributed by atoms with Crippen LogP contribution in [0.5, 0.6) is 0 Å². The summed E-state index contributed by atoms with van der Waals surface area (Å²) in [5, 5.41) is 0.374. The fourth-order valence-corrected chi connectivity index (χ4v) is 3.40. The van der Waals surface area contributed by atoms with Gasteiger partial charge in [0, 0.05) is 30.3 Å². The minimum atomic E-state index is -0.887. The maximum absolute atomic E-state index is 12.3. The molecule has 0 saturated carbocycles. The summed E-state index contributed by atoms with van der Waals surface area (Å²) in [6.45, 7) is 2.03. The molecular formula is C23H19NO6. The van der Waals surface area contributed by atoms with Crippen molar-refractivity contribution in [2.75, 3.05) is 18.1 Å². The lowest BCUT2D eigenvalue weighted by molar-refractivity contribution is -0.117. The monoisotopic (exact) mass is 405 g/mol. The van der Waals surface area contributed by atoms with E-state index in [4.69, 9.17) is 9.15 Å². The van der Waals surface area contributed by atoms with Gasteiger partial charge in [-0.1, -0.05) is 11.6 Å². The first kappa shape index (κ1) is 19.6. The minimum Gasteiger partial charge on any atom is -0.451 e. The van der Waals surface area contributed by atoms with Crippen molar-refractivity contribution in [1.82, 2.24) is 0 Å². The van der Waals surface area contributed by atoms with Gasteiger partial charge in [-0.15, -0.1) is 0 Å². The van der Waals surface area contributed by atoms with E-state index in [2.05, 4.69) is 0 Å². The quantitative estimate of drug-likeness (QED) is 0.478. The lowest BCUT2D eigenvalue weighted by atomic mass is 10.1. The zero-order valence-electron chi connectivity index (χ0n) is 16.3. The summed E-state index contributed by atoms with van der Waals surface area (Å²) in [5.41, 5.74) is 1.91. The summed E-state index contributed by atoms with van der Waals surface area (Å²) in [5.74, 6) is -1.48. The summed E-state index contributed by atoms with van der Waals surface area (Å²) < 4.78 is 10.5. The van der Waals surface area contributed by atoms with Gasteiger partial charge in [-0.25, -0.2) is 4.79 Å². The number of ether oxygens (including phenoxy) is 1. The molecule has 1 fully saturated rings. The standard InChI is InChI=1S/C23H19NO6/c1-14-4-9-20-17(11-14)18(25)12-21(30-20)23(28)29-13-19(26)15-5-7-16(8-6-15)24-10-2-3-22(24)27/h4-9,11-12H,2-3,10,13H2,1H3. The number of rotatable bonds is 5. The van der Waals surface area contributed by atoms with E-state index < -0.39 is 18.4 Å². The smallest absolute Gasteiger partial charge is 0.374 e. The molecule has 4 rings (SSSR count). The Labute approximate surface area is 171 Å². The predicted octanol–water partition coefficient (Wildman–Crippen LogP) is 3.27. The molecule has 7 heteroatoms. The lowest BCUT2D eigenvalue weighted by Crippen LogP contribution is -2.23. The molecule has 0 aliphatic carbocycles. The van der Waals surface area contributed by atoms with Gasteiger partial charge in [0.25, 0.3) is 0 Å². The van der Waals surface area contributed by atoms with E-state index in [1.165, 1.54) is 0 Å². The van der Waals surface area contributed by atoms with Crippen LogP contribution in [0.15, 0.2) is 57.7 Å². The molecule has 0 bridgehead atoms. The summed E-state index contributed by atoms with van der Waals surface area (Å²) >= 11 is 0. The Morgan fingerprint density at radius 2 is 1.83 bits per heavy atom. The predicted molar refractivity (Wildman–Crippen MR) is 110 cm³/mol. The van der Waals surface area contributed by atoms with Crippen LogP contribution in [-0.2, 0) is 9.53 Å². The van der Waals surface area contributed by atoms with E-state index in [-0.39, 0.29) is 22.7 Å². The zero-order valence-corrected chi connectivity index (χ0v) is 16.3. The Morgan fingerprint density at radius 1 is 1.07 bits per heavy atom. The fourth-order valence-electron chi connectivity index (χ4n) is 3.40. The molecule has 0 spiro atoms. The zero-order chi connectivity index (χ0) is 21.3. The van der Waals surface area contributed by atoms with Crippen molar-refractivity contribution in [3.63, 3.8) is 0 Å². The van der Waals surface area contributed by atoms with Crippen molar-refractivity contribution in [3.05, 3.63) is 75.6 Å². The second-order valence-corrected chi connectivity index (χ2v) is 7.17. The first-order chi connectivity index (χ1) is 14.4. The summed E-state index contributed by atoms with van der Waals surface area (Å²) in [7, 11) is 0. The third-order valence-corrected chi connectivity index (χ3v) is 4.99. The number of fused-ring (bicyclic) bond motifs is 1. The Balaban J connectivity index is 1.43. The third kappa shape index (κ3) is 3.87. The van der Waals surface area contributed by atoms with Gasteiger partial charge >= 0.3 is 5.97 Å². The van der Waals surface area contributed by atoms with Gasteiger partial charge in [-0.05, 0) is 49.7 Å². The number of carbonyl (C=O) groups is 3. The number of hydrogen-bond donors (Lipinski definition) is 0. The molecule has 7 nitrogen and oxygen atoms in total. The Hall–Kier alpha value is -3.74. The van der Waals surface area contributed by atoms with Crippen LogP contribution < -0.4 is 10.3 Å². The number of esters is 1. The number of benzene rings is 2. The number of hydrogen-bond acceptors (Lipinski definition) is 6. The van der Waals surface area contributed by atoms with E-state index >= 15 is 0 Å². The van der Waals surface area contributed by atoms with E-state index in [1.54, 1.807) is 47.4 Å². The molecule has 1 aromatic heterocycles. The van der Waals surface area contributed by atoms with E-state index in [0.29, 0.717) is 23.9 Å². The van der Waals surface area contributed by atoms with Crippen molar-refractivity contribution in [3.8, 4) is 0 Å². The second kappa shape index (κ2) is 7.94. The van der Waals surface area contributed by atoms with Crippen LogP contribution in [0.3, 0.4) is 0 Å². The third-order valence-electron chi connectivity index (χ3n) is 4.99. The van der Waals surface area contributed by atoms with Gasteiger partial charge < -0.3 is 14.1 Å². The molecule has 152 valence electrons. The molecule has 3 aromatic rings. The first-order valence-electron chi connectivity index (χ1n) is 9.57. The largest absolute Gasteiger partial charge is 0.451 e. The highest BCUT2D eigenvalue weighted by atomic mass is 16.5. The van der Waals surface area contributed by atoms with Gasteiger partial charge in [-0.2, -0.15) is 0 Å². The van der Waals surface area contributed by atoms with Crippen molar-refractivity contribution in [2.45, 2.75) is 19.8 Å². The van der Waals surface area contributed by atoms with Crippen molar-refractivity contribution >= 4 is 34.3 Å². The Kier molecular flexibility index (Phi) is 5.18. The van der Waals surface area contributed by atoms with Crippen LogP contribution in [-0.4, -0.2) is 30.8 Å². The maximum Gasteiger partial charge on any atom is 0.374 e. The Bertz CT molecular complexity index is 1210. The van der Waals surface area contributed by atoms with Gasteiger partial charge in [0.1, 0.15) is 5.58 Å². The number of Topliss-reactive ketones (excluding diaryl/α,β-unsaturated/α-hetero) is 1. The topological polar surface area (TPSA) is 93.9 Å². The van der Waals surface area contributed by atoms with Gasteiger partial charge in [0.15, 0.2) is 17.8 Å². The van der Waals surface area contributed by atoms with E-state index in [0.717, 1.165) is 23.7 Å². The first-order valence-corrected chi connectivity index (χ1v) is 9.57. The molecule has 2 aromatic carbocycles. The average molecular weight is 405 g/mol. The second-order valence-electron chi connectivity index (χ2n) is 7.17. The number of aryl methyl sites for hydroxylation is 1. The van der Waals surface area contributed by atoms with Crippen LogP contribution in [0.4, 0.5) is 5.69 Å². The molecule has 0 radical (unpaired) electrons. The minimum absolute atomic E-state index is 0.0649. The van der Waals surface area contributed by atoms with Crippen molar-refractivity contribution in [1.29, 1.82) is 0 Å². The van der Waals surface area contributed by atoms with Crippen LogP contribution >= 0.6 is 0 Å². The maximum atomic E-state index is 12.3. The number of anilines is 1. The molecule has 30 heavy (non-hydrogen) atoms. The molecule has 0 unspecified atom stereocenters. The van der Waals surface area contributed by atoms with Gasteiger partial charge in [-0.3, -0.25) is 14.4 Å².